The first kappa shape index (κ1) is 8.61. The summed E-state index contributed by atoms with van der Waals surface area (Å²) in [6.45, 7) is 2.27. The zero-order valence-corrected chi connectivity index (χ0v) is 8.16. The summed E-state index contributed by atoms with van der Waals surface area (Å²) in [5, 5.41) is 3.51. The molecule has 1 aromatic rings. The largest absolute Gasteiger partial charge is 0.383 e. The van der Waals surface area contributed by atoms with E-state index in [0.29, 0.717) is 6.04 Å². The Morgan fingerprint density at radius 3 is 2.62 bits per heavy atom. The zero-order valence-electron chi connectivity index (χ0n) is 8.16. The van der Waals surface area contributed by atoms with Gasteiger partial charge in [0.25, 0.3) is 0 Å². The van der Waals surface area contributed by atoms with Gasteiger partial charge in [-0.25, -0.2) is 0 Å². The van der Waals surface area contributed by atoms with Gasteiger partial charge in [-0.05, 0) is 31.4 Å². The Morgan fingerprint density at radius 1 is 1.31 bits per heavy atom. The molecule has 0 saturated heterocycles. The van der Waals surface area contributed by atoms with Crippen molar-refractivity contribution < 1.29 is 0 Å². The second kappa shape index (κ2) is 3.82. The average molecular weight is 175 g/mol. The summed E-state index contributed by atoms with van der Waals surface area (Å²) in [5.74, 6) is 1.01. The molecule has 1 aromatic carbocycles. The highest BCUT2D eigenvalue weighted by Crippen LogP contribution is 2.33. The highest BCUT2D eigenvalue weighted by molar-refractivity contribution is 5.43. The topological polar surface area (TPSA) is 12.0 Å². The molecule has 1 heteroatoms. The van der Waals surface area contributed by atoms with Gasteiger partial charge in [0.1, 0.15) is 0 Å². The van der Waals surface area contributed by atoms with E-state index in [9.17, 15) is 0 Å². The van der Waals surface area contributed by atoms with Crippen LogP contribution in [0.5, 0.6) is 0 Å². The van der Waals surface area contributed by atoms with Crippen molar-refractivity contribution in [3.05, 3.63) is 30.3 Å². The summed E-state index contributed by atoms with van der Waals surface area (Å²) >= 11 is 0. The van der Waals surface area contributed by atoms with Crippen LogP contribution in [0.25, 0.3) is 0 Å². The SMILES string of the molecule is CC(CC1CC1)Nc1ccccc1. The van der Waals surface area contributed by atoms with Crippen molar-refractivity contribution in [3.63, 3.8) is 0 Å². The smallest absolute Gasteiger partial charge is 0.0342 e. The van der Waals surface area contributed by atoms with Crippen LogP contribution < -0.4 is 5.32 Å². The molecule has 1 aliphatic carbocycles. The second-order valence-corrected chi connectivity index (χ2v) is 4.09. The van der Waals surface area contributed by atoms with Gasteiger partial charge in [-0.1, -0.05) is 31.0 Å². The number of para-hydroxylation sites is 1. The highest BCUT2D eigenvalue weighted by atomic mass is 14.9. The summed E-state index contributed by atoms with van der Waals surface area (Å²) in [7, 11) is 0. The van der Waals surface area contributed by atoms with Crippen molar-refractivity contribution in [1.82, 2.24) is 0 Å². The Balaban J connectivity index is 1.82. The third-order valence-electron chi connectivity index (χ3n) is 2.57. The molecule has 1 nitrogen and oxygen atoms in total. The number of nitrogens with one attached hydrogen (secondary N) is 1. The van der Waals surface area contributed by atoms with E-state index in [0.717, 1.165) is 5.92 Å². The van der Waals surface area contributed by atoms with Crippen LogP contribution in [0.2, 0.25) is 0 Å². The molecule has 70 valence electrons. The van der Waals surface area contributed by atoms with E-state index in [1.807, 2.05) is 0 Å². The second-order valence-electron chi connectivity index (χ2n) is 4.09. The van der Waals surface area contributed by atoms with Crippen LogP contribution in [0, 0.1) is 5.92 Å². The molecule has 0 aliphatic heterocycles. The van der Waals surface area contributed by atoms with Gasteiger partial charge in [0.2, 0.25) is 0 Å². The average Bonchev–Trinajstić information content (AvgIpc) is 2.90. The summed E-state index contributed by atoms with van der Waals surface area (Å²) in [5.41, 5.74) is 1.25. The molecule has 2 rings (SSSR count). The van der Waals surface area contributed by atoms with E-state index in [2.05, 4.69) is 42.6 Å². The van der Waals surface area contributed by atoms with E-state index in [1.54, 1.807) is 0 Å². The number of anilines is 1. The van der Waals surface area contributed by atoms with Crippen LogP contribution in [0.15, 0.2) is 30.3 Å². The molecule has 0 radical (unpaired) electrons. The van der Waals surface area contributed by atoms with Gasteiger partial charge >= 0.3 is 0 Å². The number of hydrogen-bond donors (Lipinski definition) is 1. The van der Waals surface area contributed by atoms with E-state index in [1.165, 1.54) is 24.9 Å². The number of benzene rings is 1. The monoisotopic (exact) mass is 175 g/mol. The van der Waals surface area contributed by atoms with Crippen LogP contribution in [0.3, 0.4) is 0 Å². The number of rotatable bonds is 4. The Bertz CT molecular complexity index is 251. The standard InChI is InChI=1S/C12H17N/c1-10(9-11-7-8-11)13-12-5-3-2-4-6-12/h2-6,10-11,13H,7-9H2,1H3. The molecule has 1 atom stereocenters. The van der Waals surface area contributed by atoms with Gasteiger partial charge in [-0.15, -0.1) is 0 Å². The molecule has 0 bridgehead atoms. The Labute approximate surface area is 80.2 Å². The van der Waals surface area contributed by atoms with Crippen molar-refractivity contribution in [2.75, 3.05) is 5.32 Å². The lowest BCUT2D eigenvalue weighted by molar-refractivity contribution is 0.642. The van der Waals surface area contributed by atoms with Gasteiger partial charge in [0.05, 0.1) is 0 Å². The van der Waals surface area contributed by atoms with Crippen LogP contribution >= 0.6 is 0 Å². The lowest BCUT2D eigenvalue weighted by atomic mass is 10.1. The quantitative estimate of drug-likeness (QED) is 0.740. The van der Waals surface area contributed by atoms with Gasteiger partial charge < -0.3 is 5.32 Å². The number of hydrogen-bond acceptors (Lipinski definition) is 1. The van der Waals surface area contributed by atoms with Crippen LogP contribution in [0.4, 0.5) is 5.69 Å². The van der Waals surface area contributed by atoms with Crippen LogP contribution in [-0.4, -0.2) is 6.04 Å². The minimum absolute atomic E-state index is 0.620. The summed E-state index contributed by atoms with van der Waals surface area (Å²) in [6, 6.07) is 11.1. The zero-order chi connectivity index (χ0) is 9.10. The van der Waals surface area contributed by atoms with Gasteiger partial charge in [0.15, 0.2) is 0 Å². The fraction of sp³-hybridized carbons (Fsp3) is 0.500. The third kappa shape index (κ3) is 2.76. The van der Waals surface area contributed by atoms with Gasteiger partial charge in [-0.2, -0.15) is 0 Å². The molecule has 0 amide bonds. The Hall–Kier alpha value is -0.980. The highest BCUT2D eigenvalue weighted by Gasteiger charge is 2.23. The van der Waals surface area contributed by atoms with E-state index < -0.39 is 0 Å². The van der Waals surface area contributed by atoms with E-state index >= 15 is 0 Å². The first-order chi connectivity index (χ1) is 6.34. The van der Waals surface area contributed by atoms with Gasteiger partial charge in [0, 0.05) is 11.7 Å². The molecule has 0 aromatic heterocycles. The molecular formula is C12H17N. The lowest BCUT2D eigenvalue weighted by Crippen LogP contribution is -2.15. The molecule has 0 spiro atoms. The lowest BCUT2D eigenvalue weighted by Gasteiger charge is -2.14. The van der Waals surface area contributed by atoms with Crippen LogP contribution in [-0.2, 0) is 0 Å². The Kier molecular flexibility index (Phi) is 2.53. The maximum absolute atomic E-state index is 3.51. The molecule has 1 saturated carbocycles. The first-order valence-electron chi connectivity index (χ1n) is 5.16. The van der Waals surface area contributed by atoms with Crippen molar-refractivity contribution in [1.29, 1.82) is 0 Å². The molecule has 0 heterocycles. The van der Waals surface area contributed by atoms with Crippen molar-refractivity contribution in [2.45, 2.75) is 32.2 Å². The molecule has 1 fully saturated rings. The summed E-state index contributed by atoms with van der Waals surface area (Å²) < 4.78 is 0. The first-order valence-corrected chi connectivity index (χ1v) is 5.16. The van der Waals surface area contributed by atoms with E-state index in [-0.39, 0.29) is 0 Å². The fourth-order valence-electron chi connectivity index (χ4n) is 1.73. The van der Waals surface area contributed by atoms with Crippen molar-refractivity contribution in [3.8, 4) is 0 Å². The van der Waals surface area contributed by atoms with Crippen molar-refractivity contribution >= 4 is 5.69 Å². The predicted molar refractivity (Wildman–Crippen MR) is 56.9 cm³/mol. The minimum atomic E-state index is 0.620. The molecule has 1 aliphatic rings. The fourth-order valence-corrected chi connectivity index (χ4v) is 1.73. The van der Waals surface area contributed by atoms with E-state index in [4.69, 9.17) is 0 Å². The molecule has 13 heavy (non-hydrogen) atoms. The van der Waals surface area contributed by atoms with Crippen LogP contribution in [0.1, 0.15) is 26.2 Å². The summed E-state index contributed by atoms with van der Waals surface area (Å²) in [4.78, 5) is 0. The maximum Gasteiger partial charge on any atom is 0.0342 e. The molecule has 1 N–H and O–H groups in total. The maximum atomic E-state index is 3.51. The molecule has 1 unspecified atom stereocenters. The van der Waals surface area contributed by atoms with Gasteiger partial charge in [-0.3, -0.25) is 0 Å². The predicted octanol–water partition coefficient (Wildman–Crippen LogP) is 3.29. The third-order valence-corrected chi connectivity index (χ3v) is 2.57. The molecular weight excluding hydrogens is 158 g/mol. The van der Waals surface area contributed by atoms with Crippen molar-refractivity contribution in [2.24, 2.45) is 5.92 Å². The minimum Gasteiger partial charge on any atom is -0.383 e. The normalized spacial score (nSPS) is 18.2. The summed E-state index contributed by atoms with van der Waals surface area (Å²) in [6.07, 6.45) is 4.22. The Morgan fingerprint density at radius 2 is 2.00 bits per heavy atom.